The number of aromatic amines is 1. The van der Waals surface area contributed by atoms with Crippen LogP contribution in [0, 0.1) is 4.91 Å². The molecule has 0 unspecified atom stereocenters. The average Bonchev–Trinajstić information content (AvgIpc) is 3.02. The van der Waals surface area contributed by atoms with Gasteiger partial charge in [-0.25, -0.2) is 16.8 Å². The van der Waals surface area contributed by atoms with Gasteiger partial charge in [0.1, 0.15) is 37.6 Å². The fourth-order valence-electron chi connectivity index (χ4n) is 2.32. The van der Waals surface area contributed by atoms with Crippen LogP contribution in [-0.2, 0) is 20.2 Å². The Balaban J connectivity index is 0.00000363. The average molecular weight is 536 g/mol. The van der Waals surface area contributed by atoms with Crippen molar-refractivity contribution in [1.29, 1.82) is 0 Å². The largest absolute Gasteiger partial charge is 1.00 e. The van der Waals surface area contributed by atoms with Gasteiger partial charge in [-0.05, 0) is 48.5 Å². The minimum atomic E-state index is -4.73. The van der Waals surface area contributed by atoms with Gasteiger partial charge < -0.3 is 19.0 Å². The molecule has 0 saturated heterocycles. The zero-order valence-electron chi connectivity index (χ0n) is 17.9. The number of carbonyl (C=O) groups is 1. The van der Waals surface area contributed by atoms with E-state index in [2.05, 4.69) is 15.3 Å². The summed E-state index contributed by atoms with van der Waals surface area (Å²) in [4.78, 5) is 23.4. The van der Waals surface area contributed by atoms with Crippen molar-refractivity contribution in [1.82, 2.24) is 9.90 Å². The van der Waals surface area contributed by atoms with Crippen LogP contribution in [0.2, 0.25) is 0 Å². The second-order valence-electron chi connectivity index (χ2n) is 5.78. The summed E-state index contributed by atoms with van der Waals surface area (Å²) in [6, 6.07) is 8.06. The molecule has 14 nitrogen and oxygen atoms in total. The molecule has 34 heavy (non-hydrogen) atoms. The molecule has 0 aliphatic carbocycles. The van der Waals surface area contributed by atoms with E-state index >= 15 is 0 Å². The number of nitrogens with zero attached hydrogens (tertiary/aromatic N) is 4. The Morgan fingerprint density at radius 3 is 1.68 bits per heavy atom. The van der Waals surface area contributed by atoms with E-state index in [-0.39, 0.29) is 105 Å². The zero-order valence-corrected chi connectivity index (χ0v) is 25.5. The van der Waals surface area contributed by atoms with Gasteiger partial charge in [0.2, 0.25) is 5.69 Å². The van der Waals surface area contributed by atoms with Crippen LogP contribution in [-0.4, -0.2) is 41.8 Å². The molecule has 0 aliphatic rings. The van der Waals surface area contributed by atoms with Gasteiger partial charge in [-0.15, -0.1) is 0 Å². The molecule has 1 heterocycles. The maximum atomic E-state index is 12.5. The van der Waals surface area contributed by atoms with Gasteiger partial charge in [-0.3, -0.25) is 0 Å². The summed E-state index contributed by atoms with van der Waals surface area (Å²) >= 11 is 0. The van der Waals surface area contributed by atoms with Gasteiger partial charge in [0.05, 0.1) is 14.3 Å². The molecule has 0 atom stereocenters. The van der Waals surface area contributed by atoms with E-state index in [4.69, 9.17) is 0 Å². The number of aromatic carboxylic acids is 1. The number of hydrogen-bond donors (Lipinski definition) is 1. The first-order valence-corrected chi connectivity index (χ1v) is 10.7. The molecule has 19 heteroatoms. The van der Waals surface area contributed by atoms with Crippen molar-refractivity contribution in [2.45, 2.75) is 9.79 Å². The Bertz CT molecular complexity index is 1470. The Kier molecular flexibility index (Phi) is 12.7. The molecule has 0 aliphatic heterocycles. The van der Waals surface area contributed by atoms with Gasteiger partial charge in [0, 0.05) is 5.11 Å². The quantitative estimate of drug-likeness (QED) is 0.136. The summed E-state index contributed by atoms with van der Waals surface area (Å²) in [7, 11) is -9.41. The van der Waals surface area contributed by atoms with Crippen LogP contribution in [0.4, 0.5) is 11.5 Å². The van der Waals surface area contributed by atoms with Crippen LogP contribution in [0.3, 0.4) is 0 Å². The standard InChI is InChI=1S/C15H11N5O9S2.3Na/c21-15(22)13-14(17-16-9-1-5-11(6-2-9)30(24,25)26)20(23)19(18-13)10-3-7-12(8-4-10)31(27,28)29;;;/h1-8H,(H3-,16,18,21,22,23,24,25,26,27,28,29);;;/q;3*+1/p-2. The second-order valence-corrected chi connectivity index (χ2v) is 8.54. The molecule has 0 radical (unpaired) electrons. The van der Waals surface area contributed by atoms with Gasteiger partial charge in [-0.2, -0.15) is 5.10 Å². The van der Waals surface area contributed by atoms with E-state index in [9.17, 15) is 40.7 Å². The number of aromatic nitrogens is 3. The van der Waals surface area contributed by atoms with Crippen LogP contribution in [0.5, 0.6) is 0 Å². The Morgan fingerprint density at radius 1 is 0.824 bits per heavy atom. The van der Waals surface area contributed by atoms with Crippen molar-refractivity contribution in [3.8, 4) is 5.69 Å². The third-order valence-corrected chi connectivity index (χ3v) is 5.46. The van der Waals surface area contributed by atoms with Crippen molar-refractivity contribution in [2.75, 3.05) is 0 Å². The van der Waals surface area contributed by atoms with Crippen LogP contribution in [0.15, 0.2) is 68.6 Å². The van der Waals surface area contributed by atoms with Gasteiger partial charge in [0.15, 0.2) is 0 Å². The topological polar surface area (TPSA) is 223 Å². The fourth-order valence-corrected chi connectivity index (χ4v) is 3.26. The number of benzene rings is 2. The molecule has 1 N–H and O–H groups in total. The number of nitrogens with one attached hydrogen (secondary N) is 1. The summed E-state index contributed by atoms with van der Waals surface area (Å²) < 4.78 is 65.7. The van der Waals surface area contributed by atoms with E-state index < -0.39 is 47.5 Å². The van der Waals surface area contributed by atoms with E-state index in [1.165, 1.54) is 0 Å². The smallest absolute Gasteiger partial charge is 0.744 e. The first kappa shape index (κ1) is 33.3. The van der Waals surface area contributed by atoms with Crippen molar-refractivity contribution in [3.63, 3.8) is 0 Å². The molecule has 3 aromatic rings. The maximum Gasteiger partial charge on any atom is 1.00 e. The van der Waals surface area contributed by atoms with Crippen molar-refractivity contribution < 1.29 is 129 Å². The normalized spacial score (nSPS) is 11.2. The number of hydrogen-bond acceptors (Lipinski definition) is 11. The van der Waals surface area contributed by atoms with Gasteiger partial charge >= 0.3 is 94.5 Å². The van der Waals surface area contributed by atoms with Gasteiger partial charge in [-0.1, -0.05) is 14.8 Å². The molecular weight excluding hydrogens is 527 g/mol. The molecule has 0 fully saturated rings. The third kappa shape index (κ3) is 7.89. The van der Waals surface area contributed by atoms with Crippen molar-refractivity contribution in [3.05, 3.63) is 59.1 Å². The molecule has 162 valence electrons. The maximum absolute atomic E-state index is 12.5. The van der Waals surface area contributed by atoms with E-state index in [1.54, 1.807) is 0 Å². The SMILES string of the molecule is O=C([O-])c1[nH]n(-c2ccc(S(=O)(=O)[O-])cc2)[n+](=O)c1N=Nc1ccc(S(=O)(=O)[O-])cc1.[Na+].[Na+].[Na+]. The Morgan fingerprint density at radius 2 is 1.26 bits per heavy atom. The first-order chi connectivity index (χ1) is 14.4. The molecule has 2 aromatic carbocycles. The molecule has 0 saturated carbocycles. The molecule has 0 spiro atoms. The van der Waals surface area contributed by atoms with E-state index in [0.29, 0.717) is 4.80 Å². The summed E-state index contributed by atoms with van der Waals surface area (Å²) in [5.74, 6) is -2.56. The number of carbonyl (C=O) groups excluding carboxylic acids is 1. The zero-order chi connectivity index (χ0) is 23.0. The van der Waals surface area contributed by atoms with Crippen LogP contribution in [0.1, 0.15) is 10.5 Å². The first-order valence-electron chi connectivity index (χ1n) is 7.91. The molecular formula is C15H9N5Na3O9S2+. The summed E-state index contributed by atoms with van der Waals surface area (Å²) in [6.45, 7) is 0. The van der Waals surface area contributed by atoms with Crippen LogP contribution >= 0.6 is 0 Å². The number of azo groups is 1. The molecule has 0 amide bonds. The third-order valence-electron chi connectivity index (χ3n) is 3.76. The second kappa shape index (κ2) is 13.0. The van der Waals surface area contributed by atoms with Gasteiger partial charge in [0.25, 0.3) is 0 Å². The molecule has 3 rings (SSSR count). The number of rotatable bonds is 6. The molecule has 0 bridgehead atoms. The van der Waals surface area contributed by atoms with Crippen LogP contribution in [0.25, 0.3) is 5.69 Å². The number of carboxylic acid groups (broad SMARTS) is 1. The van der Waals surface area contributed by atoms with E-state index in [1.807, 2.05) is 0 Å². The number of carboxylic acids is 1. The summed E-state index contributed by atoms with van der Waals surface area (Å²) in [5, 5.41) is 20.7. The molecule has 1 aromatic heterocycles. The van der Waals surface area contributed by atoms with Crippen molar-refractivity contribution in [2.24, 2.45) is 10.2 Å². The minimum Gasteiger partial charge on any atom is -0.744 e. The van der Waals surface area contributed by atoms with Crippen LogP contribution < -0.4 is 98.3 Å². The number of H-pyrrole nitrogens is 1. The summed E-state index contributed by atoms with van der Waals surface area (Å²) in [6.07, 6.45) is 0. The van der Waals surface area contributed by atoms with Crippen molar-refractivity contribution >= 4 is 37.7 Å². The Labute approximate surface area is 258 Å². The monoisotopic (exact) mass is 536 g/mol. The van der Waals surface area contributed by atoms with E-state index in [0.717, 1.165) is 48.5 Å². The Hall–Kier alpha value is -0.730. The fraction of sp³-hybridized carbons (Fsp3) is 0. The predicted octanol–water partition coefficient (Wildman–Crippen LogP) is -9.68. The minimum absolute atomic E-state index is 0. The summed E-state index contributed by atoms with van der Waals surface area (Å²) in [5.41, 5.74) is -0.830. The predicted molar refractivity (Wildman–Crippen MR) is 94.4 cm³/mol.